The van der Waals surface area contributed by atoms with Crippen molar-refractivity contribution in [2.45, 2.75) is 44.5 Å². The average Bonchev–Trinajstić information content (AvgIpc) is 2.36. The number of nitrogens with two attached hydrogens (primary N) is 1. The lowest BCUT2D eigenvalue weighted by molar-refractivity contribution is -0.160. The second-order valence-corrected chi connectivity index (χ2v) is 6.39. The van der Waals surface area contributed by atoms with E-state index in [1.165, 1.54) is 24.3 Å². The van der Waals surface area contributed by atoms with E-state index in [-0.39, 0.29) is 5.56 Å². The zero-order chi connectivity index (χ0) is 17.1. The van der Waals surface area contributed by atoms with Crippen LogP contribution in [0.1, 0.15) is 32.8 Å². The maximum absolute atomic E-state index is 14.9. The Bertz CT molecular complexity index is 556. The number of carboxylic acid groups (broad SMARTS) is 1. The molecule has 0 radical (unpaired) electrons. The second kappa shape index (κ2) is 6.62. The third-order valence-electron chi connectivity index (χ3n) is 2.85. The molecule has 1 aromatic rings. The fraction of sp³-hybridized carbons (Fsp3) is 0.467. The molecule has 0 aromatic heterocycles. The number of hydrogen-bond donors (Lipinski definition) is 2. The van der Waals surface area contributed by atoms with Gasteiger partial charge in [-0.1, -0.05) is 23.7 Å². The number of carbonyl (C=O) groups is 2. The Hall–Kier alpha value is -1.66. The van der Waals surface area contributed by atoms with Crippen LogP contribution in [0.4, 0.5) is 4.39 Å². The Morgan fingerprint density at radius 2 is 1.82 bits per heavy atom. The number of carbonyl (C=O) groups excluding carboxylic acids is 1. The van der Waals surface area contributed by atoms with Crippen LogP contribution in [-0.2, 0) is 20.0 Å². The molecule has 3 N–H and O–H groups in total. The van der Waals surface area contributed by atoms with Crippen LogP contribution in [0.25, 0.3) is 0 Å². The smallest absolute Gasteiger partial charge is 0.346 e. The molecule has 0 heterocycles. The summed E-state index contributed by atoms with van der Waals surface area (Å²) >= 11 is 5.70. The highest BCUT2D eigenvalue weighted by molar-refractivity contribution is 6.30. The molecule has 0 bridgehead atoms. The lowest BCUT2D eigenvalue weighted by Crippen LogP contribution is -2.44. The molecule has 0 spiro atoms. The summed E-state index contributed by atoms with van der Waals surface area (Å²) in [6, 6.07) is 3.83. The second-order valence-electron chi connectivity index (χ2n) is 5.96. The fourth-order valence-corrected chi connectivity index (χ4v) is 1.93. The van der Waals surface area contributed by atoms with Crippen LogP contribution in [0.15, 0.2) is 24.3 Å². The lowest BCUT2D eigenvalue weighted by Gasteiger charge is -2.26. The van der Waals surface area contributed by atoms with Gasteiger partial charge in [-0.2, -0.15) is 0 Å². The van der Waals surface area contributed by atoms with Gasteiger partial charge in [-0.25, -0.2) is 9.18 Å². The predicted molar refractivity (Wildman–Crippen MR) is 80.3 cm³/mol. The van der Waals surface area contributed by atoms with Crippen LogP contribution in [0.2, 0.25) is 5.02 Å². The molecule has 2 unspecified atom stereocenters. The molecular weight excluding hydrogens is 313 g/mol. The molecular formula is C15H19ClFNO4. The van der Waals surface area contributed by atoms with Gasteiger partial charge in [0.15, 0.2) is 0 Å². The van der Waals surface area contributed by atoms with E-state index in [9.17, 15) is 19.1 Å². The predicted octanol–water partition coefficient (Wildman–Crippen LogP) is 2.65. The van der Waals surface area contributed by atoms with Gasteiger partial charge in [-0.15, -0.1) is 0 Å². The van der Waals surface area contributed by atoms with Gasteiger partial charge < -0.3 is 15.6 Å². The highest BCUT2D eigenvalue weighted by atomic mass is 35.5. The Balaban J connectivity index is 2.99. The molecule has 5 nitrogen and oxygen atoms in total. The van der Waals surface area contributed by atoms with Crippen LogP contribution >= 0.6 is 11.6 Å². The fourth-order valence-electron chi connectivity index (χ4n) is 1.81. The number of carboxylic acids is 1. The van der Waals surface area contributed by atoms with Crippen LogP contribution in [0, 0.1) is 0 Å². The van der Waals surface area contributed by atoms with Gasteiger partial charge in [0.1, 0.15) is 11.6 Å². The van der Waals surface area contributed by atoms with E-state index in [1.807, 2.05) is 0 Å². The van der Waals surface area contributed by atoms with E-state index in [2.05, 4.69) is 0 Å². The summed E-state index contributed by atoms with van der Waals surface area (Å²) in [7, 11) is 0. The highest BCUT2D eigenvalue weighted by Gasteiger charge is 2.44. The molecule has 22 heavy (non-hydrogen) atoms. The van der Waals surface area contributed by atoms with Crippen molar-refractivity contribution in [3.63, 3.8) is 0 Å². The number of alkyl halides is 1. The van der Waals surface area contributed by atoms with Crippen molar-refractivity contribution < 1.29 is 23.8 Å². The number of aliphatic carboxylic acids is 1. The first kappa shape index (κ1) is 18.4. The summed E-state index contributed by atoms with van der Waals surface area (Å²) in [6.07, 6.45) is -0.737. The number of ether oxygens (including phenoxy) is 1. The van der Waals surface area contributed by atoms with Crippen molar-refractivity contribution in [2.24, 2.45) is 5.73 Å². The van der Waals surface area contributed by atoms with Gasteiger partial charge in [-0.3, -0.25) is 4.79 Å². The Kier molecular flexibility index (Phi) is 5.54. The number of benzene rings is 1. The molecule has 0 fully saturated rings. The van der Waals surface area contributed by atoms with Crippen LogP contribution in [0.5, 0.6) is 0 Å². The quantitative estimate of drug-likeness (QED) is 0.809. The summed E-state index contributed by atoms with van der Waals surface area (Å²) in [5.74, 6) is -2.58. The summed E-state index contributed by atoms with van der Waals surface area (Å²) in [5, 5.41) is 9.54. The highest BCUT2D eigenvalue weighted by Crippen LogP contribution is 2.32. The van der Waals surface area contributed by atoms with Crippen molar-refractivity contribution in [2.75, 3.05) is 0 Å². The first-order valence-corrected chi connectivity index (χ1v) is 7.00. The third kappa shape index (κ3) is 4.68. The van der Waals surface area contributed by atoms with Crippen LogP contribution in [0.3, 0.4) is 0 Å². The van der Waals surface area contributed by atoms with Gasteiger partial charge in [0.25, 0.3) is 0 Å². The first-order valence-electron chi connectivity index (χ1n) is 6.62. The van der Waals surface area contributed by atoms with Gasteiger partial charge >= 0.3 is 11.9 Å². The summed E-state index contributed by atoms with van der Waals surface area (Å²) in [6.45, 7) is 4.91. The lowest BCUT2D eigenvalue weighted by atomic mass is 9.89. The van der Waals surface area contributed by atoms with E-state index < -0.39 is 35.7 Å². The van der Waals surface area contributed by atoms with Crippen molar-refractivity contribution in [3.8, 4) is 0 Å². The minimum absolute atomic E-state index is 0.136. The minimum Gasteiger partial charge on any atom is -0.479 e. The van der Waals surface area contributed by atoms with E-state index in [1.54, 1.807) is 20.8 Å². The zero-order valence-electron chi connectivity index (χ0n) is 12.6. The van der Waals surface area contributed by atoms with Gasteiger partial charge in [0.05, 0.1) is 0 Å². The maximum Gasteiger partial charge on any atom is 0.346 e. The molecule has 7 heteroatoms. The zero-order valence-corrected chi connectivity index (χ0v) is 13.4. The van der Waals surface area contributed by atoms with E-state index in [0.29, 0.717) is 5.02 Å². The van der Waals surface area contributed by atoms with Gasteiger partial charge in [0, 0.05) is 17.0 Å². The molecule has 0 saturated heterocycles. The van der Waals surface area contributed by atoms with Crippen molar-refractivity contribution in [1.29, 1.82) is 0 Å². The molecule has 0 saturated carbocycles. The molecule has 0 aliphatic rings. The monoisotopic (exact) mass is 331 g/mol. The van der Waals surface area contributed by atoms with E-state index in [0.717, 1.165) is 0 Å². The van der Waals surface area contributed by atoms with Crippen LogP contribution in [-0.4, -0.2) is 28.7 Å². The number of rotatable bonds is 5. The number of esters is 1. The maximum atomic E-state index is 14.9. The third-order valence-corrected chi connectivity index (χ3v) is 3.10. The normalized spacial score (nSPS) is 15.7. The van der Waals surface area contributed by atoms with E-state index in [4.69, 9.17) is 22.1 Å². The Morgan fingerprint density at radius 3 is 2.23 bits per heavy atom. The standard InChI is InChI=1S/C15H19ClFNO4/c1-14(2,3)22-12(19)11(18)8-15(17,13(20)21)9-4-6-10(16)7-5-9/h4-7,11H,8,18H2,1-3H3,(H,20,21). The summed E-state index contributed by atoms with van der Waals surface area (Å²) in [5.41, 5.74) is 1.88. The van der Waals surface area contributed by atoms with Crippen molar-refractivity contribution >= 4 is 23.5 Å². The number of halogens is 2. The summed E-state index contributed by atoms with van der Waals surface area (Å²) in [4.78, 5) is 23.2. The molecule has 0 aliphatic heterocycles. The van der Waals surface area contributed by atoms with E-state index >= 15 is 0 Å². The molecule has 0 amide bonds. The first-order chi connectivity index (χ1) is 9.95. The SMILES string of the molecule is CC(C)(C)OC(=O)C(N)CC(F)(C(=O)O)c1ccc(Cl)cc1. The van der Waals surface area contributed by atoms with Gasteiger partial charge in [-0.05, 0) is 32.9 Å². The molecule has 0 aliphatic carbocycles. The average molecular weight is 332 g/mol. The molecule has 1 aromatic carbocycles. The topological polar surface area (TPSA) is 89.6 Å². The molecule has 2 atom stereocenters. The molecule has 1 rings (SSSR count). The van der Waals surface area contributed by atoms with Crippen molar-refractivity contribution in [3.05, 3.63) is 34.9 Å². The Labute approximate surface area is 133 Å². The minimum atomic E-state index is -2.80. The van der Waals surface area contributed by atoms with Gasteiger partial charge in [0.2, 0.25) is 5.67 Å². The largest absolute Gasteiger partial charge is 0.479 e. The molecule has 122 valence electrons. The Morgan fingerprint density at radius 1 is 1.32 bits per heavy atom. The number of hydrogen-bond acceptors (Lipinski definition) is 4. The van der Waals surface area contributed by atoms with Crippen LogP contribution < -0.4 is 5.73 Å². The summed E-state index contributed by atoms with van der Waals surface area (Å²) < 4.78 is 19.9. The van der Waals surface area contributed by atoms with Crippen molar-refractivity contribution in [1.82, 2.24) is 0 Å².